The van der Waals surface area contributed by atoms with Gasteiger partial charge in [0.05, 0.1) is 11.6 Å². The number of halogens is 2. The molecule has 0 saturated carbocycles. The lowest BCUT2D eigenvalue weighted by molar-refractivity contribution is 0.327. The van der Waals surface area contributed by atoms with Crippen molar-refractivity contribution in [2.45, 2.75) is 11.8 Å². The predicted molar refractivity (Wildman–Crippen MR) is 76.8 cm³/mol. The topological polar surface area (TPSA) is 52.6 Å². The van der Waals surface area contributed by atoms with Crippen LogP contribution in [0.25, 0.3) is 0 Å². The quantitative estimate of drug-likeness (QED) is 0.785. The van der Waals surface area contributed by atoms with Gasteiger partial charge in [-0.2, -0.15) is 8.42 Å². The van der Waals surface area contributed by atoms with E-state index in [0.717, 1.165) is 18.2 Å². The molecule has 0 aliphatic heterocycles. The fourth-order valence-corrected chi connectivity index (χ4v) is 3.05. The molecule has 0 saturated heterocycles. The molecule has 2 aromatic carbocycles. The summed E-state index contributed by atoms with van der Waals surface area (Å²) >= 11 is 5.79. The second-order valence-electron chi connectivity index (χ2n) is 3.99. The molecule has 0 aliphatic carbocycles. The standard InChI is InChI=1S/C14H12ClFO4S/c1-2-19-12-5-3-4-6-13(12)20-21(17,18)14-9-10(16)7-8-11(14)15/h3-9H,2H2,1H3. The van der Waals surface area contributed by atoms with Gasteiger partial charge in [-0.1, -0.05) is 23.7 Å². The third kappa shape index (κ3) is 3.65. The van der Waals surface area contributed by atoms with Crippen LogP contribution >= 0.6 is 11.6 Å². The lowest BCUT2D eigenvalue weighted by Crippen LogP contribution is -2.11. The van der Waals surface area contributed by atoms with Crippen LogP contribution in [-0.2, 0) is 10.1 Å². The number of hydrogen-bond acceptors (Lipinski definition) is 4. The molecule has 0 heterocycles. The first kappa shape index (κ1) is 15.6. The van der Waals surface area contributed by atoms with Gasteiger partial charge in [0.1, 0.15) is 10.7 Å². The Hall–Kier alpha value is -1.79. The summed E-state index contributed by atoms with van der Waals surface area (Å²) in [6.07, 6.45) is 0. The first-order chi connectivity index (χ1) is 9.94. The van der Waals surface area contributed by atoms with E-state index in [1.807, 2.05) is 0 Å². The Balaban J connectivity index is 2.40. The van der Waals surface area contributed by atoms with Gasteiger partial charge in [-0.15, -0.1) is 0 Å². The molecular weight excluding hydrogens is 319 g/mol. The van der Waals surface area contributed by atoms with E-state index in [4.69, 9.17) is 20.5 Å². The van der Waals surface area contributed by atoms with E-state index >= 15 is 0 Å². The van der Waals surface area contributed by atoms with Crippen molar-refractivity contribution in [2.24, 2.45) is 0 Å². The smallest absolute Gasteiger partial charge is 0.340 e. The fourth-order valence-electron chi connectivity index (χ4n) is 1.63. The van der Waals surface area contributed by atoms with Crippen molar-refractivity contribution in [3.05, 3.63) is 53.3 Å². The van der Waals surface area contributed by atoms with Crippen molar-refractivity contribution in [3.63, 3.8) is 0 Å². The van der Waals surface area contributed by atoms with Crippen molar-refractivity contribution in [3.8, 4) is 11.5 Å². The Morgan fingerprint density at radius 2 is 1.81 bits per heavy atom. The van der Waals surface area contributed by atoms with Crippen LogP contribution < -0.4 is 8.92 Å². The summed E-state index contributed by atoms with van der Waals surface area (Å²) in [5.41, 5.74) is 0. The molecule has 7 heteroatoms. The average Bonchev–Trinajstić information content (AvgIpc) is 2.43. The maximum Gasteiger partial charge on any atom is 0.340 e. The van der Waals surface area contributed by atoms with Crippen molar-refractivity contribution in [2.75, 3.05) is 6.61 Å². The number of ether oxygens (including phenoxy) is 1. The zero-order valence-electron chi connectivity index (χ0n) is 11.0. The molecule has 0 N–H and O–H groups in total. The summed E-state index contributed by atoms with van der Waals surface area (Å²) in [5.74, 6) is -0.435. The van der Waals surface area contributed by atoms with E-state index in [1.54, 1.807) is 25.1 Å². The summed E-state index contributed by atoms with van der Waals surface area (Å²) in [7, 11) is -4.26. The van der Waals surface area contributed by atoms with Gasteiger partial charge in [-0.05, 0) is 37.3 Å². The maximum atomic E-state index is 13.2. The molecule has 2 aromatic rings. The molecule has 0 spiro atoms. The van der Waals surface area contributed by atoms with Crippen LogP contribution in [-0.4, -0.2) is 15.0 Å². The number of rotatable bonds is 5. The summed E-state index contributed by atoms with van der Waals surface area (Å²) in [6, 6.07) is 9.31. The molecule has 0 radical (unpaired) electrons. The predicted octanol–water partition coefficient (Wildman–Crippen LogP) is 3.65. The Bertz CT molecular complexity index is 746. The van der Waals surface area contributed by atoms with E-state index in [1.165, 1.54) is 6.07 Å². The number of para-hydroxylation sites is 2. The third-order valence-electron chi connectivity index (χ3n) is 2.51. The largest absolute Gasteiger partial charge is 0.490 e. The van der Waals surface area contributed by atoms with E-state index < -0.39 is 20.8 Å². The third-order valence-corrected chi connectivity index (χ3v) is 4.23. The van der Waals surface area contributed by atoms with Crippen LogP contribution in [0.1, 0.15) is 6.92 Å². The Morgan fingerprint density at radius 3 is 2.48 bits per heavy atom. The summed E-state index contributed by atoms with van der Waals surface area (Å²) < 4.78 is 47.9. The molecule has 0 amide bonds. The van der Waals surface area contributed by atoms with Crippen molar-refractivity contribution < 1.29 is 21.7 Å². The highest BCUT2D eigenvalue weighted by atomic mass is 35.5. The minimum absolute atomic E-state index is 0.0136. The lowest BCUT2D eigenvalue weighted by atomic mass is 10.3. The Morgan fingerprint density at radius 1 is 1.14 bits per heavy atom. The second-order valence-corrected chi connectivity index (χ2v) is 5.91. The van der Waals surface area contributed by atoms with Gasteiger partial charge in [0, 0.05) is 0 Å². The van der Waals surface area contributed by atoms with Gasteiger partial charge in [-0.25, -0.2) is 4.39 Å². The van der Waals surface area contributed by atoms with E-state index in [0.29, 0.717) is 6.61 Å². The van der Waals surface area contributed by atoms with Crippen LogP contribution in [0.2, 0.25) is 5.02 Å². The molecule has 2 rings (SSSR count). The minimum atomic E-state index is -4.26. The highest BCUT2D eigenvalue weighted by Gasteiger charge is 2.22. The first-order valence-corrected chi connectivity index (χ1v) is 7.84. The van der Waals surface area contributed by atoms with E-state index in [-0.39, 0.29) is 16.5 Å². The molecule has 0 atom stereocenters. The Labute approximate surface area is 127 Å². The molecular formula is C14H12ClFO4S. The molecule has 0 unspecified atom stereocenters. The van der Waals surface area contributed by atoms with E-state index in [2.05, 4.69) is 0 Å². The zero-order chi connectivity index (χ0) is 15.5. The van der Waals surface area contributed by atoms with Crippen LogP contribution in [0.15, 0.2) is 47.4 Å². The van der Waals surface area contributed by atoms with Gasteiger partial charge >= 0.3 is 10.1 Å². The van der Waals surface area contributed by atoms with Gasteiger partial charge in [0.2, 0.25) is 0 Å². The monoisotopic (exact) mass is 330 g/mol. The van der Waals surface area contributed by atoms with Crippen molar-refractivity contribution >= 4 is 21.7 Å². The molecule has 0 fully saturated rings. The van der Waals surface area contributed by atoms with Crippen LogP contribution in [0, 0.1) is 5.82 Å². The van der Waals surface area contributed by atoms with Crippen molar-refractivity contribution in [1.82, 2.24) is 0 Å². The SMILES string of the molecule is CCOc1ccccc1OS(=O)(=O)c1cc(F)ccc1Cl. The van der Waals surface area contributed by atoms with E-state index in [9.17, 15) is 12.8 Å². The fraction of sp³-hybridized carbons (Fsp3) is 0.143. The van der Waals surface area contributed by atoms with Gasteiger partial charge in [0.25, 0.3) is 0 Å². The number of hydrogen-bond donors (Lipinski definition) is 0. The molecule has 21 heavy (non-hydrogen) atoms. The summed E-state index contributed by atoms with van der Waals surface area (Å²) in [4.78, 5) is -0.435. The second kappa shape index (κ2) is 6.32. The maximum absolute atomic E-state index is 13.2. The van der Waals surface area contributed by atoms with Gasteiger partial charge in [0.15, 0.2) is 11.5 Å². The van der Waals surface area contributed by atoms with Crippen LogP contribution in [0.3, 0.4) is 0 Å². The summed E-state index contributed by atoms with van der Waals surface area (Å²) in [6.45, 7) is 2.11. The minimum Gasteiger partial charge on any atom is -0.490 e. The molecule has 0 aliphatic rings. The Kier molecular flexibility index (Phi) is 4.69. The number of benzene rings is 2. The summed E-state index contributed by atoms with van der Waals surface area (Å²) in [5, 5.41) is -0.120. The molecule has 0 aromatic heterocycles. The lowest BCUT2D eigenvalue weighted by Gasteiger charge is -2.12. The zero-order valence-corrected chi connectivity index (χ0v) is 12.6. The highest BCUT2D eigenvalue weighted by Crippen LogP contribution is 2.31. The van der Waals surface area contributed by atoms with Gasteiger partial charge < -0.3 is 8.92 Å². The van der Waals surface area contributed by atoms with Gasteiger partial charge in [-0.3, -0.25) is 0 Å². The molecule has 0 bridgehead atoms. The van der Waals surface area contributed by atoms with Crippen molar-refractivity contribution in [1.29, 1.82) is 0 Å². The highest BCUT2D eigenvalue weighted by molar-refractivity contribution is 7.87. The normalized spacial score (nSPS) is 11.2. The van der Waals surface area contributed by atoms with Crippen LogP contribution in [0.4, 0.5) is 4.39 Å². The first-order valence-electron chi connectivity index (χ1n) is 6.05. The average molecular weight is 331 g/mol. The molecule has 112 valence electrons. The van der Waals surface area contributed by atoms with Crippen LogP contribution in [0.5, 0.6) is 11.5 Å². The molecule has 4 nitrogen and oxygen atoms in total.